The summed E-state index contributed by atoms with van der Waals surface area (Å²) in [6, 6.07) is 68.6. The molecule has 0 atom stereocenters. The normalized spacial score (nSPS) is 12.4. The van der Waals surface area contributed by atoms with Gasteiger partial charge < -0.3 is 0 Å². The van der Waals surface area contributed by atoms with E-state index in [0.717, 1.165) is 0 Å². The minimum Gasteiger partial charge on any atom is -0.0622 e. The van der Waals surface area contributed by atoms with Gasteiger partial charge in [-0.3, -0.25) is 0 Å². The molecular weight excluding hydrogens is 649 g/mol. The topological polar surface area (TPSA) is 0 Å². The van der Waals surface area contributed by atoms with Crippen LogP contribution < -0.4 is 0 Å². The van der Waals surface area contributed by atoms with Crippen LogP contribution in [0.15, 0.2) is 182 Å². The average molecular weight is 679 g/mol. The van der Waals surface area contributed by atoms with Crippen LogP contribution in [-0.4, -0.2) is 0 Å². The second-order valence-corrected chi connectivity index (χ2v) is 15.1. The minimum atomic E-state index is 1.25. The maximum Gasteiger partial charge on any atom is -0.000719 e. The first-order valence-corrected chi connectivity index (χ1v) is 18.9. The summed E-state index contributed by atoms with van der Waals surface area (Å²) in [7, 11) is 0. The van der Waals surface area contributed by atoms with E-state index in [1.165, 1.54) is 131 Å². The molecule has 0 amide bonds. The molecule has 0 saturated heterocycles. The van der Waals surface area contributed by atoms with Crippen LogP contribution in [0.2, 0.25) is 0 Å². The summed E-state index contributed by atoms with van der Waals surface area (Å²) in [6.45, 7) is 0. The molecule has 0 nitrogen and oxygen atoms in total. The highest BCUT2D eigenvalue weighted by Crippen LogP contribution is 2.60. The van der Waals surface area contributed by atoms with Gasteiger partial charge in [0.2, 0.25) is 0 Å². The third-order valence-corrected chi connectivity index (χ3v) is 12.4. The molecular formula is C54H30. The van der Waals surface area contributed by atoms with E-state index < -0.39 is 0 Å². The van der Waals surface area contributed by atoms with Crippen molar-refractivity contribution in [3.05, 3.63) is 182 Å². The highest BCUT2D eigenvalue weighted by molar-refractivity contribution is 6.37. The fraction of sp³-hybridized carbons (Fsp3) is 0. The Balaban J connectivity index is 1.32. The minimum absolute atomic E-state index is 1.25. The van der Waals surface area contributed by atoms with Crippen LogP contribution >= 0.6 is 0 Å². The summed E-state index contributed by atoms with van der Waals surface area (Å²) in [5.41, 5.74) is 10.5. The van der Waals surface area contributed by atoms with Gasteiger partial charge in [0.15, 0.2) is 0 Å². The monoisotopic (exact) mass is 678 g/mol. The van der Waals surface area contributed by atoms with E-state index in [9.17, 15) is 0 Å². The average Bonchev–Trinajstić information content (AvgIpc) is 3.56. The Labute approximate surface area is 311 Å². The molecule has 246 valence electrons. The molecule has 54 heavy (non-hydrogen) atoms. The van der Waals surface area contributed by atoms with Gasteiger partial charge in [-0.2, -0.15) is 0 Å². The lowest BCUT2D eigenvalue weighted by atomic mass is 9.80. The summed E-state index contributed by atoms with van der Waals surface area (Å²) in [5.74, 6) is 0. The summed E-state index contributed by atoms with van der Waals surface area (Å²) in [5, 5.41) is 20.9. The molecule has 12 aromatic carbocycles. The summed E-state index contributed by atoms with van der Waals surface area (Å²) in [4.78, 5) is 0. The summed E-state index contributed by atoms with van der Waals surface area (Å²) >= 11 is 0. The lowest BCUT2D eigenvalue weighted by Gasteiger charge is -2.22. The first kappa shape index (κ1) is 28.6. The first-order valence-electron chi connectivity index (χ1n) is 18.9. The number of benzene rings is 12. The van der Waals surface area contributed by atoms with Crippen molar-refractivity contribution in [2.45, 2.75) is 0 Å². The van der Waals surface area contributed by atoms with Gasteiger partial charge in [-0.05, 0) is 161 Å². The molecule has 0 fully saturated rings. The van der Waals surface area contributed by atoms with E-state index in [4.69, 9.17) is 0 Å². The Morgan fingerprint density at radius 3 is 1.31 bits per heavy atom. The van der Waals surface area contributed by atoms with Crippen LogP contribution in [0.5, 0.6) is 0 Å². The Kier molecular flexibility index (Phi) is 5.45. The lowest BCUT2D eigenvalue weighted by molar-refractivity contribution is 1.63. The zero-order valence-electron chi connectivity index (χ0n) is 29.3. The molecule has 0 heterocycles. The van der Waals surface area contributed by atoms with Gasteiger partial charge in [0, 0.05) is 0 Å². The second-order valence-electron chi connectivity index (χ2n) is 15.1. The molecule has 0 radical (unpaired) electrons. The van der Waals surface area contributed by atoms with Gasteiger partial charge in [-0.15, -0.1) is 0 Å². The molecule has 0 saturated carbocycles. The van der Waals surface area contributed by atoms with Crippen molar-refractivity contribution >= 4 is 86.2 Å². The van der Waals surface area contributed by atoms with Crippen molar-refractivity contribution in [3.8, 4) is 44.5 Å². The van der Waals surface area contributed by atoms with Crippen LogP contribution in [0, 0.1) is 0 Å². The number of rotatable bonds is 2. The van der Waals surface area contributed by atoms with Crippen molar-refractivity contribution in [1.29, 1.82) is 0 Å². The maximum atomic E-state index is 2.54. The number of fused-ring (bicyclic) bond motifs is 11. The summed E-state index contributed by atoms with van der Waals surface area (Å²) < 4.78 is 0. The highest BCUT2D eigenvalue weighted by Gasteiger charge is 2.32. The zero-order chi connectivity index (χ0) is 35.1. The molecule has 1 aliphatic carbocycles. The smallest absolute Gasteiger partial charge is 0.000719 e. The van der Waals surface area contributed by atoms with Crippen LogP contribution in [0.4, 0.5) is 0 Å². The summed E-state index contributed by atoms with van der Waals surface area (Å²) in [6.07, 6.45) is 0. The van der Waals surface area contributed by atoms with E-state index in [-0.39, 0.29) is 0 Å². The van der Waals surface area contributed by atoms with Crippen LogP contribution in [-0.2, 0) is 0 Å². The quantitative estimate of drug-likeness (QED) is 0.126. The Morgan fingerprint density at radius 1 is 0.204 bits per heavy atom. The van der Waals surface area contributed by atoms with E-state index in [2.05, 4.69) is 182 Å². The SMILES string of the molecule is c1ccc(-c2c3c(c(-c4ccccc4)c4cc5c6cc7ccccc7cc6c6ccccc6c5cc24)-c2cc4cccc5ccc6ccc-3c2c6c54)cc1. The van der Waals surface area contributed by atoms with Crippen LogP contribution in [0.3, 0.4) is 0 Å². The Hall–Kier alpha value is -7.02. The maximum absolute atomic E-state index is 2.54. The van der Waals surface area contributed by atoms with Crippen molar-refractivity contribution in [3.63, 3.8) is 0 Å². The largest absolute Gasteiger partial charge is 0.0622 e. The number of hydrogen-bond donors (Lipinski definition) is 0. The van der Waals surface area contributed by atoms with E-state index in [1.807, 2.05) is 0 Å². The lowest BCUT2D eigenvalue weighted by Crippen LogP contribution is -1.95. The van der Waals surface area contributed by atoms with Gasteiger partial charge in [0.05, 0.1) is 0 Å². The van der Waals surface area contributed by atoms with Gasteiger partial charge in [-0.25, -0.2) is 0 Å². The molecule has 0 aliphatic heterocycles. The molecule has 0 heteroatoms. The van der Waals surface area contributed by atoms with Crippen molar-refractivity contribution in [2.75, 3.05) is 0 Å². The third-order valence-electron chi connectivity index (χ3n) is 12.4. The predicted octanol–water partition coefficient (Wildman–Crippen LogP) is 15.3. The fourth-order valence-corrected chi connectivity index (χ4v) is 10.2. The van der Waals surface area contributed by atoms with Gasteiger partial charge >= 0.3 is 0 Å². The standard InChI is InChI=1S/C54H30/c1-3-12-31(13-4-1)49-45-29-43-39-21-10-9-20-38(39)41-26-35-16-7-8-17-36(35)27-42(41)44(43)30-46(45)50(32-14-5-2-6-15-32)54-47-28-37-19-11-18-33-22-23-34-24-25-40(53(49)54)52(47)51(34)48(33)37/h1-30H. The fourth-order valence-electron chi connectivity index (χ4n) is 10.2. The van der Waals surface area contributed by atoms with Gasteiger partial charge in [-0.1, -0.05) is 152 Å². The third kappa shape index (κ3) is 3.62. The molecule has 0 unspecified atom stereocenters. The van der Waals surface area contributed by atoms with Crippen LogP contribution in [0.1, 0.15) is 0 Å². The van der Waals surface area contributed by atoms with E-state index in [1.54, 1.807) is 0 Å². The molecule has 12 aromatic rings. The Morgan fingerprint density at radius 2 is 0.667 bits per heavy atom. The van der Waals surface area contributed by atoms with Gasteiger partial charge in [0.25, 0.3) is 0 Å². The van der Waals surface area contributed by atoms with Crippen LogP contribution in [0.25, 0.3) is 131 Å². The number of hydrogen-bond acceptors (Lipinski definition) is 0. The van der Waals surface area contributed by atoms with E-state index in [0.29, 0.717) is 0 Å². The second kappa shape index (κ2) is 10.3. The molecule has 0 aromatic heterocycles. The molecule has 0 N–H and O–H groups in total. The zero-order valence-corrected chi connectivity index (χ0v) is 29.3. The molecule has 1 aliphatic rings. The highest BCUT2D eigenvalue weighted by atomic mass is 14.3. The molecule has 0 spiro atoms. The first-order chi connectivity index (χ1) is 26.8. The van der Waals surface area contributed by atoms with E-state index >= 15 is 0 Å². The van der Waals surface area contributed by atoms with Crippen molar-refractivity contribution < 1.29 is 0 Å². The molecule has 13 rings (SSSR count). The van der Waals surface area contributed by atoms with Crippen molar-refractivity contribution in [1.82, 2.24) is 0 Å². The predicted molar refractivity (Wildman–Crippen MR) is 233 cm³/mol. The van der Waals surface area contributed by atoms with Crippen molar-refractivity contribution in [2.24, 2.45) is 0 Å². The van der Waals surface area contributed by atoms with Gasteiger partial charge in [0.1, 0.15) is 0 Å². The molecule has 0 bridgehead atoms. The Bertz CT molecular complexity index is 3570.